The van der Waals surface area contributed by atoms with E-state index < -0.39 is 0 Å². The highest BCUT2D eigenvalue weighted by atomic mass is 16.5. The molecule has 0 fully saturated rings. The number of aliphatic hydroxyl groups is 1. The molecule has 1 rings (SSSR count). The molecule has 0 aliphatic rings. The second-order valence-electron chi connectivity index (χ2n) is 4.25. The molecule has 108 valence electrons. The zero-order valence-corrected chi connectivity index (χ0v) is 12.4. The first-order chi connectivity index (χ1) is 10.3. The number of aliphatic hydroxyl groups excluding tert-OH is 1. The SMILES string of the molecule is C=C/C=C\C=C\Bc1ccccc1OC(/C=C\C)=C/CO. The van der Waals surface area contributed by atoms with Crippen LogP contribution >= 0.6 is 0 Å². The molecule has 0 aromatic heterocycles. The highest BCUT2D eigenvalue weighted by molar-refractivity contribution is 6.59. The molecule has 0 radical (unpaired) electrons. The van der Waals surface area contributed by atoms with Gasteiger partial charge in [-0.15, -0.1) is 5.98 Å². The van der Waals surface area contributed by atoms with Crippen LogP contribution in [0.5, 0.6) is 5.75 Å². The normalized spacial score (nSPS) is 12.4. The minimum Gasteiger partial charge on any atom is -0.458 e. The molecule has 0 saturated heterocycles. The van der Waals surface area contributed by atoms with Gasteiger partial charge in [-0.3, -0.25) is 0 Å². The maximum absolute atomic E-state index is 9.02. The number of benzene rings is 1. The molecule has 0 aliphatic carbocycles. The molecule has 0 amide bonds. The Morgan fingerprint density at radius 1 is 1.29 bits per heavy atom. The van der Waals surface area contributed by atoms with Gasteiger partial charge in [-0.2, -0.15) is 0 Å². The first-order valence-electron chi connectivity index (χ1n) is 6.95. The summed E-state index contributed by atoms with van der Waals surface area (Å²) < 4.78 is 5.85. The largest absolute Gasteiger partial charge is 0.458 e. The smallest absolute Gasteiger partial charge is 0.187 e. The van der Waals surface area contributed by atoms with E-state index in [0.717, 1.165) is 18.5 Å². The molecule has 2 nitrogen and oxygen atoms in total. The first-order valence-corrected chi connectivity index (χ1v) is 6.95. The Morgan fingerprint density at radius 3 is 2.81 bits per heavy atom. The van der Waals surface area contributed by atoms with Crippen LogP contribution < -0.4 is 10.2 Å². The third-order valence-corrected chi connectivity index (χ3v) is 2.66. The highest BCUT2D eigenvalue weighted by Gasteiger charge is 2.04. The van der Waals surface area contributed by atoms with Crippen LogP contribution in [0, 0.1) is 0 Å². The zero-order chi connectivity index (χ0) is 15.3. The Bertz CT molecular complexity index is 554. The molecule has 1 aromatic carbocycles. The van der Waals surface area contributed by atoms with Crippen LogP contribution in [-0.4, -0.2) is 19.0 Å². The fourth-order valence-electron chi connectivity index (χ4n) is 1.71. The molecular weight excluding hydrogens is 259 g/mol. The lowest BCUT2D eigenvalue weighted by Gasteiger charge is -2.10. The Morgan fingerprint density at radius 2 is 2.10 bits per heavy atom. The summed E-state index contributed by atoms with van der Waals surface area (Å²) in [6.07, 6.45) is 12.9. The van der Waals surface area contributed by atoms with Crippen molar-refractivity contribution in [2.45, 2.75) is 6.92 Å². The second kappa shape index (κ2) is 10.5. The first kappa shape index (κ1) is 16.8. The van der Waals surface area contributed by atoms with Crippen molar-refractivity contribution in [3.05, 3.63) is 85.1 Å². The maximum Gasteiger partial charge on any atom is 0.187 e. The van der Waals surface area contributed by atoms with Gasteiger partial charge >= 0.3 is 0 Å². The summed E-state index contributed by atoms with van der Waals surface area (Å²) in [5, 5.41) is 9.02. The Kier molecular flexibility index (Phi) is 8.42. The second-order valence-corrected chi connectivity index (χ2v) is 4.25. The molecule has 0 unspecified atom stereocenters. The van der Waals surface area contributed by atoms with E-state index in [9.17, 15) is 0 Å². The van der Waals surface area contributed by atoms with E-state index in [1.165, 1.54) is 0 Å². The monoisotopic (exact) mass is 280 g/mol. The quantitative estimate of drug-likeness (QED) is 0.451. The van der Waals surface area contributed by atoms with Crippen LogP contribution in [0.15, 0.2) is 85.1 Å². The van der Waals surface area contributed by atoms with Gasteiger partial charge in [0, 0.05) is 0 Å². The van der Waals surface area contributed by atoms with Crippen LogP contribution in [0.25, 0.3) is 0 Å². The Labute approximate surface area is 127 Å². The van der Waals surface area contributed by atoms with Crippen molar-refractivity contribution in [3.8, 4) is 5.75 Å². The molecule has 1 aromatic rings. The van der Waals surface area contributed by atoms with Crippen LogP contribution in [-0.2, 0) is 0 Å². The Hall–Kier alpha value is -2.26. The standard InChI is InChI=1S/C18H21BO2/c1-3-5-6-9-14-19-17-11-7-8-12-18(17)21-16(10-4-2)13-15-20/h3-14,19-20H,1,15H2,2H3/b6-5-,10-4-,14-9+,16-13+. The molecular formula is C18H21BO2. The lowest BCUT2D eigenvalue weighted by Crippen LogP contribution is -2.15. The van der Waals surface area contributed by atoms with E-state index in [-0.39, 0.29) is 6.61 Å². The minimum absolute atomic E-state index is 0.0475. The molecule has 0 spiro atoms. The Balaban J connectivity index is 2.83. The third kappa shape index (κ3) is 6.64. The average Bonchev–Trinajstić information content (AvgIpc) is 2.49. The molecule has 0 aliphatic heterocycles. The third-order valence-electron chi connectivity index (χ3n) is 2.66. The van der Waals surface area contributed by atoms with Gasteiger partial charge in [0.05, 0.1) is 6.61 Å². The van der Waals surface area contributed by atoms with Gasteiger partial charge in [0.25, 0.3) is 0 Å². The summed E-state index contributed by atoms with van der Waals surface area (Å²) in [5.41, 5.74) is 1.09. The molecule has 3 heteroatoms. The van der Waals surface area contributed by atoms with E-state index in [1.807, 2.05) is 61.6 Å². The summed E-state index contributed by atoms with van der Waals surface area (Å²) in [6, 6.07) is 7.88. The number of allylic oxidation sites excluding steroid dienone is 6. The van der Waals surface area contributed by atoms with Crippen LogP contribution in [0.1, 0.15) is 6.92 Å². The minimum atomic E-state index is -0.0475. The van der Waals surface area contributed by atoms with Crippen molar-refractivity contribution >= 4 is 12.7 Å². The number of rotatable bonds is 8. The average molecular weight is 280 g/mol. The van der Waals surface area contributed by atoms with Gasteiger partial charge < -0.3 is 9.84 Å². The molecule has 0 saturated carbocycles. The lowest BCUT2D eigenvalue weighted by molar-refractivity contribution is 0.334. The van der Waals surface area contributed by atoms with Gasteiger partial charge in [0.2, 0.25) is 0 Å². The van der Waals surface area contributed by atoms with Crippen molar-refractivity contribution < 1.29 is 9.84 Å². The van der Waals surface area contributed by atoms with Crippen molar-refractivity contribution in [2.24, 2.45) is 0 Å². The summed E-state index contributed by atoms with van der Waals surface area (Å²) >= 11 is 0. The van der Waals surface area contributed by atoms with Crippen molar-refractivity contribution in [1.29, 1.82) is 0 Å². The van der Waals surface area contributed by atoms with Crippen LogP contribution in [0.3, 0.4) is 0 Å². The van der Waals surface area contributed by atoms with E-state index in [1.54, 1.807) is 12.2 Å². The van der Waals surface area contributed by atoms with E-state index in [2.05, 4.69) is 12.6 Å². The van der Waals surface area contributed by atoms with Gasteiger partial charge in [0.1, 0.15) is 11.5 Å². The number of hydrogen-bond acceptors (Lipinski definition) is 2. The highest BCUT2D eigenvalue weighted by Crippen LogP contribution is 2.11. The van der Waals surface area contributed by atoms with Crippen molar-refractivity contribution in [3.63, 3.8) is 0 Å². The fourth-order valence-corrected chi connectivity index (χ4v) is 1.71. The zero-order valence-electron chi connectivity index (χ0n) is 12.4. The van der Waals surface area contributed by atoms with Gasteiger partial charge in [0.15, 0.2) is 7.28 Å². The fraction of sp³-hybridized carbons (Fsp3) is 0.111. The van der Waals surface area contributed by atoms with Gasteiger partial charge in [-0.05, 0) is 30.6 Å². The summed E-state index contributed by atoms with van der Waals surface area (Å²) in [6.45, 7) is 5.49. The summed E-state index contributed by atoms with van der Waals surface area (Å²) in [5.74, 6) is 3.50. The van der Waals surface area contributed by atoms with E-state index >= 15 is 0 Å². The molecule has 1 N–H and O–H groups in total. The lowest BCUT2D eigenvalue weighted by atomic mass is 9.70. The number of hydrogen-bond donors (Lipinski definition) is 1. The van der Waals surface area contributed by atoms with E-state index in [4.69, 9.17) is 9.84 Å². The van der Waals surface area contributed by atoms with E-state index in [0.29, 0.717) is 5.76 Å². The maximum atomic E-state index is 9.02. The molecule has 0 heterocycles. The van der Waals surface area contributed by atoms with Crippen molar-refractivity contribution in [2.75, 3.05) is 6.61 Å². The molecule has 21 heavy (non-hydrogen) atoms. The topological polar surface area (TPSA) is 29.5 Å². The number of ether oxygens (including phenoxy) is 1. The summed E-state index contributed by atoms with van der Waals surface area (Å²) in [7, 11) is 0.778. The predicted octanol–water partition coefficient (Wildman–Crippen LogP) is 2.84. The van der Waals surface area contributed by atoms with Gasteiger partial charge in [-0.25, -0.2) is 0 Å². The molecule has 0 bridgehead atoms. The van der Waals surface area contributed by atoms with Crippen molar-refractivity contribution in [1.82, 2.24) is 0 Å². The van der Waals surface area contributed by atoms with Gasteiger partial charge in [-0.1, -0.05) is 55.2 Å². The van der Waals surface area contributed by atoms with Crippen LogP contribution in [0.4, 0.5) is 0 Å². The van der Waals surface area contributed by atoms with Crippen LogP contribution in [0.2, 0.25) is 0 Å². The number of para-hydroxylation sites is 1. The predicted molar refractivity (Wildman–Crippen MR) is 92.3 cm³/mol. The molecule has 0 atom stereocenters. The summed E-state index contributed by atoms with van der Waals surface area (Å²) in [4.78, 5) is 0.